The molecule has 7 N–H and O–H groups in total. The number of aryl methyl sites for hydroxylation is 4. The molecule has 1 aliphatic heterocycles. The molecule has 0 bridgehead atoms. The first-order chi connectivity index (χ1) is 67.7. The van der Waals surface area contributed by atoms with Crippen LogP contribution in [-0.4, -0.2) is 132 Å². The lowest BCUT2D eigenvalue weighted by molar-refractivity contribution is -0.137. The van der Waals surface area contributed by atoms with Crippen molar-refractivity contribution in [3.63, 3.8) is 0 Å². The number of hydrogen-bond donors (Lipinski definition) is 7. The van der Waals surface area contributed by atoms with Crippen molar-refractivity contribution in [3.05, 3.63) is 300 Å². The first-order valence-electron chi connectivity index (χ1n) is 43.2. The predicted octanol–water partition coefficient (Wildman–Crippen LogP) is 24.6. The lowest BCUT2D eigenvalue weighted by atomic mass is 10.0. The molecule has 141 heavy (non-hydrogen) atoms. The molecule has 0 unspecified atom stereocenters. The number of nitrogens with zero attached hydrogens (tertiary/aromatic N) is 24. The van der Waals surface area contributed by atoms with Gasteiger partial charge in [-0.05, 0) is 262 Å². The summed E-state index contributed by atoms with van der Waals surface area (Å²) in [5.41, 5.74) is 9.99. The van der Waals surface area contributed by atoms with Crippen molar-refractivity contribution in [2.45, 2.75) is 86.3 Å². The summed E-state index contributed by atoms with van der Waals surface area (Å²) < 4.78 is 150. The van der Waals surface area contributed by atoms with Gasteiger partial charge < -0.3 is 35.0 Å². The molecule has 0 saturated carbocycles. The van der Waals surface area contributed by atoms with Crippen molar-refractivity contribution >= 4 is 173 Å². The van der Waals surface area contributed by atoms with Gasteiger partial charge in [-0.15, -0.1) is 10.2 Å². The maximum atomic E-state index is 12.9. The van der Waals surface area contributed by atoms with Gasteiger partial charge in [0.15, 0.2) is 0 Å². The van der Waals surface area contributed by atoms with E-state index in [2.05, 4.69) is 92.5 Å². The number of ether oxygens (including phenoxy) is 2. The highest BCUT2D eigenvalue weighted by Gasteiger charge is 2.27. The monoisotopic (exact) mass is 1970 g/mol. The Bertz CT molecular complexity index is 7750. The number of aromatic nitrogens is 6. The minimum absolute atomic E-state index is 0.00775. The molecule has 1 saturated heterocycles. The number of piperazine rings is 1. The molecule has 0 amide bonds. The highest BCUT2D eigenvalue weighted by Crippen LogP contribution is 2.41. The Morgan fingerprint density at radius 2 is 0.716 bits per heavy atom. The summed E-state index contributed by atoms with van der Waals surface area (Å²) in [6, 6.07) is 67.1. The minimum atomic E-state index is -4.86. The lowest BCUT2D eigenvalue weighted by Crippen LogP contribution is -2.48. The Hall–Kier alpha value is -16.6. The Morgan fingerprint density at radius 1 is 0.348 bits per heavy atom. The van der Waals surface area contributed by atoms with Crippen LogP contribution in [0.4, 0.5) is 126 Å². The summed E-state index contributed by atoms with van der Waals surface area (Å²) in [5, 5.41) is 85.4. The van der Waals surface area contributed by atoms with Crippen LogP contribution in [0.25, 0.3) is 0 Å². The van der Waals surface area contributed by atoms with Gasteiger partial charge in [-0.3, -0.25) is 23.0 Å². The van der Waals surface area contributed by atoms with E-state index in [4.69, 9.17) is 39.4 Å². The van der Waals surface area contributed by atoms with Gasteiger partial charge in [0.1, 0.15) is 44.3 Å². The molecule has 0 aliphatic carbocycles. The third-order valence-electron chi connectivity index (χ3n) is 20.9. The topological polar surface area (TPSA) is 579 Å². The maximum absolute atomic E-state index is 12.9. The number of carboxylic acids is 1. The average Bonchev–Trinajstić information content (AvgIpc) is 0.793. The number of nitrogens with one attached hydrogen (secondary N) is 2. The molecule has 716 valence electrons. The van der Waals surface area contributed by atoms with Gasteiger partial charge in [0.25, 0.3) is 40.5 Å². The van der Waals surface area contributed by atoms with E-state index >= 15 is 0 Å². The number of anilines is 6. The largest absolute Gasteiger partial charge is 0.493 e. The van der Waals surface area contributed by atoms with Gasteiger partial charge in [0, 0.05) is 68.8 Å². The number of rotatable bonds is 38. The van der Waals surface area contributed by atoms with E-state index in [-0.39, 0.29) is 114 Å². The van der Waals surface area contributed by atoms with E-state index in [0.29, 0.717) is 145 Å². The zero-order chi connectivity index (χ0) is 99.4. The second-order valence-electron chi connectivity index (χ2n) is 31.5. The number of aliphatic carboxylic acids is 1. The molecule has 46 heteroatoms. The number of carbonyl (C=O) groups is 1. The number of hydrogen-bond acceptors (Lipinski definition) is 37. The van der Waals surface area contributed by atoms with Crippen LogP contribution >= 0.6 is 0 Å². The Morgan fingerprint density at radius 3 is 1.18 bits per heavy atom. The van der Waals surface area contributed by atoms with Gasteiger partial charge >= 0.3 is 5.97 Å². The minimum Gasteiger partial charge on any atom is -0.493 e. The van der Waals surface area contributed by atoms with E-state index < -0.39 is 56.2 Å². The van der Waals surface area contributed by atoms with Gasteiger partial charge in [-0.1, -0.05) is 55.5 Å². The third-order valence-corrected chi connectivity index (χ3v) is 24.4. The summed E-state index contributed by atoms with van der Waals surface area (Å²) in [4.78, 5) is 44.5. The molecule has 0 radical (unpaired) electrons. The van der Waals surface area contributed by atoms with Crippen LogP contribution in [0.2, 0.25) is 0 Å². The molecular weight excluding hydrogens is 1890 g/mol. The molecule has 15 rings (SSSR count). The maximum Gasteiger partial charge on any atom is 0.303 e. The molecule has 14 aromatic rings. The molecule has 2 aromatic heterocycles. The fourth-order valence-corrected chi connectivity index (χ4v) is 16.0. The normalized spacial score (nSPS) is 13.0. The smallest absolute Gasteiger partial charge is 0.303 e. The molecule has 3 heterocycles. The zero-order valence-corrected chi connectivity index (χ0v) is 78.9. The molecule has 42 nitrogen and oxygen atoms in total. The van der Waals surface area contributed by atoms with Gasteiger partial charge in [0.2, 0.25) is 23.8 Å². The quantitative estimate of drug-likeness (QED) is 0.0107. The lowest BCUT2D eigenvalue weighted by Gasteiger charge is -2.35. The Balaban J connectivity index is 0.734. The van der Waals surface area contributed by atoms with E-state index in [1.165, 1.54) is 72.8 Å². The molecular formula is C95H86N26O16S4. The first kappa shape index (κ1) is 98.9. The van der Waals surface area contributed by atoms with Gasteiger partial charge in [0.05, 0.1) is 108 Å². The van der Waals surface area contributed by atoms with Crippen molar-refractivity contribution in [1.82, 2.24) is 29.9 Å². The van der Waals surface area contributed by atoms with Gasteiger partial charge in [-0.25, -0.2) is 4.98 Å². The summed E-state index contributed by atoms with van der Waals surface area (Å²) in [6.07, 6.45) is 0.781. The van der Waals surface area contributed by atoms with Crippen LogP contribution in [0.3, 0.4) is 0 Å². The molecule has 0 spiro atoms. The van der Waals surface area contributed by atoms with Crippen LogP contribution in [0.1, 0.15) is 71.2 Å². The highest BCUT2D eigenvalue weighted by molar-refractivity contribution is 7.86. The van der Waals surface area contributed by atoms with Crippen LogP contribution in [0.15, 0.2) is 356 Å². The number of azo groups is 8. The van der Waals surface area contributed by atoms with Crippen molar-refractivity contribution in [3.8, 4) is 11.5 Å². The summed E-state index contributed by atoms with van der Waals surface area (Å²) in [6.45, 7) is 10.6. The van der Waals surface area contributed by atoms with E-state index in [1.807, 2.05) is 60.9 Å². The molecule has 1 fully saturated rings. The highest BCUT2D eigenvalue weighted by atomic mass is 32.2. The predicted molar refractivity (Wildman–Crippen MR) is 523 cm³/mol. The van der Waals surface area contributed by atoms with Crippen molar-refractivity contribution < 1.29 is 71.3 Å². The average molecular weight is 1980 g/mol. The first-order valence-corrected chi connectivity index (χ1v) is 49.0. The van der Waals surface area contributed by atoms with E-state index in [9.17, 15) is 61.8 Å². The summed E-state index contributed by atoms with van der Waals surface area (Å²) in [7, 11) is -18.5. The van der Waals surface area contributed by atoms with Crippen molar-refractivity contribution in [1.29, 1.82) is 0 Å². The van der Waals surface area contributed by atoms with Crippen LogP contribution in [0, 0.1) is 27.7 Å². The van der Waals surface area contributed by atoms with Crippen molar-refractivity contribution in [2.24, 2.45) is 81.8 Å². The van der Waals surface area contributed by atoms with Crippen LogP contribution < -0.4 is 29.9 Å². The zero-order valence-electron chi connectivity index (χ0n) is 75.6. The van der Waals surface area contributed by atoms with Crippen LogP contribution in [-0.2, 0) is 58.1 Å². The fraction of sp³-hybridized carbons (Fsp3) is 0.168. The SMILES string of the molecule is CCCOc1cc(N=Nc2ccc(N=Nc3ccccc3)cc2S(=O)(=O)O)c(C)cc1Nc1nc(Nc2ccc(N=Nc3ccc(N=Nc4ccc(S(=O)(=O)O)cc4)cc3)c(C)c2)nc(N2CCN(c3nc(Cc4ccc(N=Nc5ccc(N=Nc6ccccc6)cc5S(=O)(=O)O)c(C)c4)nc(Cc4cc(C)c(N=Nc5ccc(N=Nc6ccc(S(=O)(=O)O)cc6)cc5)cc4OCCCC(=O)O)n3)CC2)n1. The molecule has 1 aliphatic rings. The molecule has 12 aromatic carbocycles. The van der Waals surface area contributed by atoms with Crippen molar-refractivity contribution in [2.75, 3.05) is 59.8 Å². The Kier molecular flexibility index (Phi) is 31.3. The number of carboxylic acid groups (broad SMARTS) is 1. The third kappa shape index (κ3) is 27.7. The number of benzene rings is 12. The standard InChI is InChI=1S/C95H86N26O16S4/c1-6-47-136-86-58-83(119-117-81-42-34-75(56-88(81)141(133,134)135)113-105-66-16-11-8-12-17-66)62(5)52-84(86)97-93-101-92(96-73-32-40-79(61(4)51-73)114-110-69-24-20-67(21-25-69)106-108-71-28-35-76(36-29-71)138(124,125)126)102-95(103-93)121-45-43-120(44-46-121)94-99-89(53-63-19-39-78(59(2)49-63)115-116-80-41-33-74(55-87(80)140(130,131)132)112-104-65-14-9-7-10-15-65)98-90(100-94)54-64-50-60(3)82(57-85(64)137-48-13-18-91(122)123)118-111-70-26-22-68(23-27-70)107-109-72-30-37-77(38-31-72)139(127,128)129/h7-12,14-17,19-42,49-52,55-58H,6,13,18,43-48,53-54H2,1-5H3,(H,122,123)(H,124,125,126)(H,127,128,129)(H,130,131,132)(H,133,134,135)(H2,96,97,101,102,103). The van der Waals surface area contributed by atoms with Crippen LogP contribution in [0.5, 0.6) is 11.5 Å². The molecule has 0 atom stereocenters. The van der Waals surface area contributed by atoms with Gasteiger partial charge in [-0.2, -0.15) is 130 Å². The van der Waals surface area contributed by atoms with E-state index in [0.717, 1.165) is 17.7 Å². The fourth-order valence-electron chi connectivity index (χ4n) is 13.7. The van der Waals surface area contributed by atoms with E-state index in [1.54, 1.807) is 153 Å². The second kappa shape index (κ2) is 44.7. The second-order valence-corrected chi connectivity index (χ2v) is 37.1. The summed E-state index contributed by atoms with van der Waals surface area (Å²) >= 11 is 0. The summed E-state index contributed by atoms with van der Waals surface area (Å²) in [5.74, 6) is 1.04. The Labute approximate surface area is 808 Å².